The molecule has 32 heavy (non-hydrogen) atoms. The number of rotatable bonds is 5. The number of hydrogen-bond donors (Lipinski definition) is 2. The van der Waals surface area contributed by atoms with Crippen molar-refractivity contribution < 1.29 is 12.7 Å². The summed E-state index contributed by atoms with van der Waals surface area (Å²) in [5.74, 6) is 1.50. The van der Waals surface area contributed by atoms with Crippen molar-refractivity contribution in [3.63, 3.8) is 0 Å². The monoisotopic (exact) mass is 455 g/mol. The first kappa shape index (κ1) is 20.4. The van der Waals surface area contributed by atoms with Crippen LogP contribution in [0.4, 0.5) is 11.6 Å². The van der Waals surface area contributed by atoms with Gasteiger partial charge in [-0.15, -0.1) is 0 Å². The van der Waals surface area contributed by atoms with E-state index < -0.39 is 10.0 Å². The first-order valence-electron chi connectivity index (χ1n) is 10.3. The van der Waals surface area contributed by atoms with Crippen LogP contribution in [0.1, 0.15) is 9.84 Å². The molecule has 9 nitrogen and oxygen atoms in total. The van der Waals surface area contributed by atoms with Gasteiger partial charge in [0.1, 0.15) is 5.82 Å². The molecule has 2 aromatic carbocycles. The van der Waals surface area contributed by atoms with Crippen LogP contribution in [0.3, 0.4) is 0 Å². The highest BCUT2D eigenvalue weighted by Gasteiger charge is 2.28. The maximum Gasteiger partial charge on any atom is 0.218 e. The van der Waals surface area contributed by atoms with E-state index in [-0.39, 0.29) is 15.9 Å². The molecule has 0 spiro atoms. The van der Waals surface area contributed by atoms with E-state index in [4.69, 9.17) is 10.7 Å². The van der Waals surface area contributed by atoms with Gasteiger partial charge in [-0.25, -0.2) is 23.4 Å². The molecule has 0 atom stereocenters. The molecular weight excluding hydrogens is 426 g/mol. The Morgan fingerprint density at radius 3 is 2.44 bits per heavy atom. The van der Waals surface area contributed by atoms with E-state index in [2.05, 4.69) is 15.0 Å². The van der Waals surface area contributed by atoms with Crippen molar-refractivity contribution in [3.8, 4) is 11.5 Å². The summed E-state index contributed by atoms with van der Waals surface area (Å²) >= 11 is 0. The van der Waals surface area contributed by atoms with Crippen LogP contribution >= 0.6 is 0 Å². The molecule has 3 N–H and O–H groups in total. The molecule has 0 saturated carbocycles. The molecule has 1 fully saturated rings. The molecule has 1 aliphatic rings. The molecule has 10 heteroatoms. The van der Waals surface area contributed by atoms with E-state index in [0.717, 1.165) is 16.6 Å². The lowest BCUT2D eigenvalue weighted by Crippen LogP contribution is -2.49. The van der Waals surface area contributed by atoms with Crippen LogP contribution in [0.15, 0.2) is 60.8 Å². The van der Waals surface area contributed by atoms with Crippen LogP contribution < -0.4 is 10.6 Å². The Morgan fingerprint density at radius 2 is 1.69 bits per heavy atom. The number of piperazine rings is 1. The van der Waals surface area contributed by atoms with Gasteiger partial charge in [-0.1, -0.05) is 42.5 Å². The van der Waals surface area contributed by atoms with Gasteiger partial charge >= 0.3 is 0 Å². The number of nitrogens with zero attached hydrogens (tertiary/aromatic N) is 5. The van der Waals surface area contributed by atoms with Crippen molar-refractivity contribution in [2.45, 2.75) is 5.75 Å². The maximum atomic E-state index is 12.8. The SMILES string of the molecule is Nc1ncc(N2CCN(S(=O)(=O)Cc3ccccc3)CC2)nc1-c1nc2ccccc2[nH]1.[HH].[HH].[HH]. The van der Waals surface area contributed by atoms with E-state index in [1.807, 2.05) is 59.5 Å². The quantitative estimate of drug-likeness (QED) is 0.474. The smallest absolute Gasteiger partial charge is 0.218 e. The van der Waals surface area contributed by atoms with Crippen LogP contribution in [-0.4, -0.2) is 58.8 Å². The lowest BCUT2D eigenvalue weighted by atomic mass is 10.2. The Morgan fingerprint density at radius 1 is 0.969 bits per heavy atom. The van der Waals surface area contributed by atoms with Crippen molar-refractivity contribution in [2.75, 3.05) is 36.8 Å². The number of anilines is 2. The molecule has 3 heterocycles. The van der Waals surface area contributed by atoms with E-state index in [9.17, 15) is 8.42 Å². The van der Waals surface area contributed by atoms with Crippen LogP contribution in [-0.2, 0) is 15.8 Å². The molecule has 0 bridgehead atoms. The molecule has 1 aliphatic heterocycles. The summed E-state index contributed by atoms with van der Waals surface area (Å²) in [6.07, 6.45) is 1.62. The van der Waals surface area contributed by atoms with Gasteiger partial charge in [0.25, 0.3) is 0 Å². The van der Waals surface area contributed by atoms with Gasteiger partial charge in [0.2, 0.25) is 10.0 Å². The van der Waals surface area contributed by atoms with E-state index in [0.29, 0.717) is 43.5 Å². The van der Waals surface area contributed by atoms with Gasteiger partial charge in [-0.05, 0) is 17.7 Å². The van der Waals surface area contributed by atoms with Gasteiger partial charge in [0.05, 0.1) is 23.0 Å². The number of H-pyrrole nitrogens is 1. The van der Waals surface area contributed by atoms with Gasteiger partial charge in [0, 0.05) is 30.5 Å². The molecule has 0 radical (unpaired) electrons. The summed E-state index contributed by atoms with van der Waals surface area (Å²) < 4.78 is 27.2. The zero-order valence-electron chi connectivity index (χ0n) is 17.3. The van der Waals surface area contributed by atoms with E-state index >= 15 is 0 Å². The average molecular weight is 456 g/mol. The number of imidazole rings is 1. The maximum absolute atomic E-state index is 12.8. The fourth-order valence-corrected chi connectivity index (χ4v) is 5.37. The first-order valence-corrected chi connectivity index (χ1v) is 11.9. The topological polar surface area (TPSA) is 121 Å². The number of aromatic nitrogens is 4. The largest absolute Gasteiger partial charge is 0.382 e. The highest BCUT2D eigenvalue weighted by molar-refractivity contribution is 7.88. The zero-order chi connectivity index (χ0) is 22.1. The van der Waals surface area contributed by atoms with Gasteiger partial charge in [-0.2, -0.15) is 4.31 Å². The minimum absolute atomic E-state index is 0. The second-order valence-electron chi connectivity index (χ2n) is 7.69. The van der Waals surface area contributed by atoms with Crippen molar-refractivity contribution in [3.05, 3.63) is 66.4 Å². The Balaban J connectivity index is 0.00000144. The average Bonchev–Trinajstić information content (AvgIpc) is 3.24. The first-order chi connectivity index (χ1) is 15.5. The lowest BCUT2D eigenvalue weighted by molar-refractivity contribution is 0.383. The van der Waals surface area contributed by atoms with Crippen molar-refractivity contribution in [1.82, 2.24) is 24.2 Å². The Kier molecular flexibility index (Phi) is 5.24. The Labute approximate surface area is 190 Å². The molecule has 0 aliphatic carbocycles. The molecule has 0 amide bonds. The standard InChI is InChI=1S/C22H23N7O2S.3H2/c23-21-20(22-25-17-8-4-5-9-18(17)26-22)27-19(14-24-21)28-10-12-29(13-11-28)32(30,31)15-16-6-2-1-3-7-16;;;/h1-9,14H,10-13,15H2,(H2,23,24)(H,25,26);3*1H. The molecule has 5 rings (SSSR count). The third kappa shape index (κ3) is 4.02. The van der Waals surface area contributed by atoms with Crippen LogP contribution in [0.5, 0.6) is 0 Å². The lowest BCUT2D eigenvalue weighted by Gasteiger charge is -2.34. The highest BCUT2D eigenvalue weighted by Crippen LogP contribution is 2.26. The summed E-state index contributed by atoms with van der Waals surface area (Å²) in [7, 11) is -3.38. The molecule has 170 valence electrons. The number of benzene rings is 2. The normalized spacial score (nSPS) is 15.3. The fraction of sp³-hybridized carbons (Fsp3) is 0.227. The van der Waals surface area contributed by atoms with Crippen LogP contribution in [0, 0.1) is 0 Å². The van der Waals surface area contributed by atoms with Crippen molar-refractivity contribution in [1.29, 1.82) is 0 Å². The number of hydrogen-bond acceptors (Lipinski definition) is 7. The molecule has 2 aromatic heterocycles. The zero-order valence-corrected chi connectivity index (χ0v) is 18.2. The minimum Gasteiger partial charge on any atom is -0.382 e. The second-order valence-corrected chi connectivity index (χ2v) is 9.66. The van der Waals surface area contributed by atoms with E-state index in [1.54, 1.807) is 10.5 Å². The summed E-state index contributed by atoms with van der Waals surface area (Å²) in [6.45, 7) is 1.82. The number of nitrogens with two attached hydrogens (primary N) is 1. The van der Waals surface area contributed by atoms with Crippen molar-refractivity contribution >= 4 is 32.7 Å². The number of fused-ring (bicyclic) bond motifs is 1. The summed E-state index contributed by atoms with van der Waals surface area (Å²) in [5, 5.41) is 0. The summed E-state index contributed by atoms with van der Waals surface area (Å²) in [4.78, 5) is 18.8. The Bertz CT molecular complexity index is 1330. The number of nitrogen functional groups attached to an aromatic ring is 1. The number of sulfonamides is 1. The predicted molar refractivity (Wildman–Crippen MR) is 131 cm³/mol. The molecule has 0 unspecified atom stereocenters. The Hall–Kier alpha value is -3.50. The molecule has 1 saturated heterocycles. The van der Waals surface area contributed by atoms with Gasteiger partial charge in [-0.3, -0.25) is 0 Å². The fourth-order valence-electron chi connectivity index (χ4n) is 3.85. The van der Waals surface area contributed by atoms with Crippen LogP contribution in [0.2, 0.25) is 0 Å². The van der Waals surface area contributed by atoms with Crippen LogP contribution in [0.25, 0.3) is 22.6 Å². The highest BCUT2D eigenvalue weighted by atomic mass is 32.2. The van der Waals surface area contributed by atoms with Gasteiger partial charge in [0.15, 0.2) is 17.3 Å². The third-order valence-electron chi connectivity index (χ3n) is 5.55. The van der Waals surface area contributed by atoms with Gasteiger partial charge < -0.3 is 15.6 Å². The number of para-hydroxylation sites is 2. The number of aromatic amines is 1. The molecule has 4 aromatic rings. The summed E-state index contributed by atoms with van der Waals surface area (Å²) in [6, 6.07) is 16.9. The summed E-state index contributed by atoms with van der Waals surface area (Å²) in [5.41, 5.74) is 9.08. The van der Waals surface area contributed by atoms with Crippen molar-refractivity contribution in [2.24, 2.45) is 0 Å². The van der Waals surface area contributed by atoms with E-state index in [1.165, 1.54) is 0 Å². The third-order valence-corrected chi connectivity index (χ3v) is 7.40. The molecular formula is C22H29N7O2S. The number of nitrogens with one attached hydrogen (secondary N) is 1. The second kappa shape index (κ2) is 8.21. The minimum atomic E-state index is -3.38. The predicted octanol–water partition coefficient (Wildman–Crippen LogP) is 2.99.